The normalized spacial score (nSPS) is 15.4. The molecule has 166 valence electrons. The van der Waals surface area contributed by atoms with Crippen LogP contribution in [-0.4, -0.2) is 71.5 Å². The summed E-state index contributed by atoms with van der Waals surface area (Å²) in [6, 6.07) is 4.41. The van der Waals surface area contributed by atoms with Gasteiger partial charge in [-0.2, -0.15) is 0 Å². The minimum absolute atomic E-state index is 0. The molecule has 1 saturated heterocycles. The van der Waals surface area contributed by atoms with E-state index in [1.54, 1.807) is 21.3 Å². The summed E-state index contributed by atoms with van der Waals surface area (Å²) in [5.74, 6) is 2.87. The first-order valence-electron chi connectivity index (χ1n) is 10.1. The molecule has 2 N–H and O–H groups in total. The van der Waals surface area contributed by atoms with Gasteiger partial charge in [0.2, 0.25) is 5.75 Å². The summed E-state index contributed by atoms with van der Waals surface area (Å²) >= 11 is 0. The van der Waals surface area contributed by atoms with Crippen molar-refractivity contribution < 1.29 is 14.2 Å². The van der Waals surface area contributed by atoms with Crippen molar-refractivity contribution in [2.24, 2.45) is 4.99 Å². The summed E-state index contributed by atoms with van der Waals surface area (Å²) in [5, 5.41) is 6.98. The molecular weight excluding hydrogens is 483 g/mol. The van der Waals surface area contributed by atoms with Gasteiger partial charge in [0.25, 0.3) is 0 Å². The van der Waals surface area contributed by atoms with Gasteiger partial charge in [0.05, 0.1) is 21.3 Å². The first-order valence-corrected chi connectivity index (χ1v) is 10.1. The summed E-state index contributed by atoms with van der Waals surface area (Å²) in [6.45, 7) is 6.51. The maximum absolute atomic E-state index is 5.56. The first-order chi connectivity index (χ1) is 13.7. The molecule has 0 aromatic heterocycles. The molecule has 0 saturated carbocycles. The Morgan fingerprint density at radius 1 is 1.10 bits per heavy atom. The Balaban J connectivity index is 0.00000420. The van der Waals surface area contributed by atoms with Gasteiger partial charge in [-0.3, -0.25) is 4.99 Å². The summed E-state index contributed by atoms with van der Waals surface area (Å²) < 4.78 is 16.4. The van der Waals surface area contributed by atoms with Crippen LogP contribution < -0.4 is 24.8 Å². The number of rotatable bonds is 9. The Morgan fingerprint density at radius 3 is 2.34 bits per heavy atom. The van der Waals surface area contributed by atoms with Crippen molar-refractivity contribution in [3.63, 3.8) is 0 Å². The van der Waals surface area contributed by atoms with Gasteiger partial charge in [0.1, 0.15) is 0 Å². The molecule has 1 aliphatic rings. The smallest absolute Gasteiger partial charge is 0.203 e. The van der Waals surface area contributed by atoms with E-state index >= 15 is 0 Å². The van der Waals surface area contributed by atoms with E-state index in [0.717, 1.165) is 56.2 Å². The van der Waals surface area contributed by atoms with Gasteiger partial charge in [0, 0.05) is 38.3 Å². The number of nitrogens with zero attached hydrogens (tertiary/aromatic N) is 2. The molecule has 1 fully saturated rings. The summed E-state index contributed by atoms with van der Waals surface area (Å²) in [5.41, 5.74) is 1.07. The quantitative estimate of drug-likeness (QED) is 0.297. The van der Waals surface area contributed by atoms with E-state index in [-0.39, 0.29) is 24.0 Å². The number of likely N-dealkylation sites (tertiary alicyclic amines) is 1. The largest absolute Gasteiger partial charge is 0.493 e. The Bertz CT molecular complexity index is 635. The van der Waals surface area contributed by atoms with Gasteiger partial charge >= 0.3 is 0 Å². The highest BCUT2D eigenvalue weighted by atomic mass is 127. The zero-order chi connectivity index (χ0) is 20.4. The second-order valence-corrected chi connectivity index (χ2v) is 7.00. The molecular formula is C21H37IN4O3. The Morgan fingerprint density at radius 2 is 1.79 bits per heavy atom. The van der Waals surface area contributed by atoms with Crippen LogP contribution in [0.1, 0.15) is 31.7 Å². The third-order valence-corrected chi connectivity index (χ3v) is 5.16. The maximum Gasteiger partial charge on any atom is 0.203 e. The highest BCUT2D eigenvalue weighted by Crippen LogP contribution is 2.39. The van der Waals surface area contributed by atoms with E-state index in [4.69, 9.17) is 14.2 Å². The van der Waals surface area contributed by atoms with Gasteiger partial charge in [-0.25, -0.2) is 0 Å². The number of piperidine rings is 1. The van der Waals surface area contributed by atoms with E-state index in [1.807, 2.05) is 19.2 Å². The van der Waals surface area contributed by atoms with Crippen LogP contribution in [0.5, 0.6) is 17.2 Å². The van der Waals surface area contributed by atoms with Crippen LogP contribution in [0.15, 0.2) is 17.1 Å². The monoisotopic (exact) mass is 520 g/mol. The number of benzene rings is 1. The minimum Gasteiger partial charge on any atom is -0.493 e. The van der Waals surface area contributed by atoms with Crippen molar-refractivity contribution in [3.05, 3.63) is 17.7 Å². The fourth-order valence-corrected chi connectivity index (χ4v) is 3.68. The van der Waals surface area contributed by atoms with Crippen LogP contribution in [0.25, 0.3) is 0 Å². The Hall–Kier alpha value is -1.42. The first kappa shape index (κ1) is 25.6. The molecule has 1 heterocycles. The molecule has 1 aromatic carbocycles. The number of hydrogen-bond donors (Lipinski definition) is 2. The number of guanidine groups is 1. The van der Waals surface area contributed by atoms with Crippen LogP contribution in [0.3, 0.4) is 0 Å². The highest BCUT2D eigenvalue weighted by Gasteiger charge is 2.19. The van der Waals surface area contributed by atoms with Crippen LogP contribution in [0.4, 0.5) is 0 Å². The third kappa shape index (κ3) is 7.40. The van der Waals surface area contributed by atoms with Crippen molar-refractivity contribution in [3.8, 4) is 17.2 Å². The van der Waals surface area contributed by atoms with Gasteiger partial charge in [-0.15, -0.1) is 24.0 Å². The number of methoxy groups -OCH3 is 3. The second-order valence-electron chi connectivity index (χ2n) is 7.00. The van der Waals surface area contributed by atoms with Crippen molar-refractivity contribution in [1.82, 2.24) is 15.5 Å². The van der Waals surface area contributed by atoms with Gasteiger partial charge in [0.15, 0.2) is 17.5 Å². The van der Waals surface area contributed by atoms with Crippen molar-refractivity contribution in [2.75, 3.05) is 54.6 Å². The van der Waals surface area contributed by atoms with E-state index in [9.17, 15) is 0 Å². The van der Waals surface area contributed by atoms with E-state index in [1.165, 1.54) is 13.0 Å². The lowest BCUT2D eigenvalue weighted by Gasteiger charge is -2.32. The lowest BCUT2D eigenvalue weighted by Crippen LogP contribution is -2.49. The molecule has 0 spiro atoms. The summed E-state index contributed by atoms with van der Waals surface area (Å²) in [4.78, 5) is 6.92. The molecule has 0 aliphatic carbocycles. The Kier molecular flexibility index (Phi) is 12.1. The minimum atomic E-state index is 0. The number of halogens is 1. The van der Waals surface area contributed by atoms with E-state index in [2.05, 4.69) is 27.4 Å². The van der Waals surface area contributed by atoms with Gasteiger partial charge < -0.3 is 29.7 Å². The van der Waals surface area contributed by atoms with Crippen molar-refractivity contribution in [2.45, 2.75) is 38.6 Å². The molecule has 0 amide bonds. The highest BCUT2D eigenvalue weighted by molar-refractivity contribution is 14.0. The standard InChI is InChI=1S/C21H36N4O3.HI/c1-6-13-25-14-10-17(11-15-25)24-21(22-2)23-12-9-16-7-8-18(26-3)20(28-5)19(16)27-4;/h7-8,17H,6,9-15H2,1-5H3,(H2,22,23,24);1H. The molecule has 1 aliphatic heterocycles. The summed E-state index contributed by atoms with van der Waals surface area (Å²) in [6.07, 6.45) is 4.33. The number of ether oxygens (including phenoxy) is 3. The molecule has 0 radical (unpaired) electrons. The van der Waals surface area contributed by atoms with Crippen molar-refractivity contribution in [1.29, 1.82) is 0 Å². The predicted molar refractivity (Wildman–Crippen MR) is 129 cm³/mol. The molecule has 7 nitrogen and oxygen atoms in total. The van der Waals surface area contributed by atoms with Gasteiger partial charge in [-0.05, 0) is 38.3 Å². The van der Waals surface area contributed by atoms with Crippen LogP contribution in [-0.2, 0) is 6.42 Å². The third-order valence-electron chi connectivity index (χ3n) is 5.16. The molecule has 0 atom stereocenters. The zero-order valence-corrected chi connectivity index (χ0v) is 20.7. The van der Waals surface area contributed by atoms with E-state index < -0.39 is 0 Å². The Labute approximate surface area is 192 Å². The molecule has 29 heavy (non-hydrogen) atoms. The van der Waals surface area contributed by atoms with Crippen LogP contribution in [0.2, 0.25) is 0 Å². The second kappa shape index (κ2) is 13.7. The van der Waals surface area contributed by atoms with Crippen molar-refractivity contribution >= 4 is 29.9 Å². The molecule has 0 bridgehead atoms. The number of aliphatic imine (C=N–C) groups is 1. The fourth-order valence-electron chi connectivity index (χ4n) is 3.68. The SMILES string of the molecule is CCCN1CCC(NC(=NC)NCCc2ccc(OC)c(OC)c2OC)CC1.I. The molecule has 1 aromatic rings. The average molecular weight is 520 g/mol. The molecule has 2 rings (SSSR count). The van der Waals surface area contributed by atoms with Crippen LogP contribution in [0, 0.1) is 0 Å². The van der Waals surface area contributed by atoms with Gasteiger partial charge in [-0.1, -0.05) is 13.0 Å². The number of nitrogens with one attached hydrogen (secondary N) is 2. The predicted octanol–water partition coefficient (Wildman–Crippen LogP) is 2.91. The topological polar surface area (TPSA) is 67.4 Å². The fraction of sp³-hybridized carbons (Fsp3) is 0.667. The number of hydrogen-bond acceptors (Lipinski definition) is 5. The lowest BCUT2D eigenvalue weighted by molar-refractivity contribution is 0.206. The van der Waals surface area contributed by atoms with Crippen LogP contribution >= 0.6 is 24.0 Å². The lowest BCUT2D eigenvalue weighted by atomic mass is 10.1. The maximum atomic E-state index is 5.56. The van der Waals surface area contributed by atoms with E-state index in [0.29, 0.717) is 17.5 Å². The molecule has 0 unspecified atom stereocenters. The summed E-state index contributed by atoms with van der Waals surface area (Å²) in [7, 11) is 6.72. The zero-order valence-electron chi connectivity index (χ0n) is 18.4. The average Bonchev–Trinajstić information content (AvgIpc) is 2.73. The molecule has 8 heteroatoms.